The second-order valence-corrected chi connectivity index (χ2v) is 4.05. The van der Waals surface area contributed by atoms with Crippen LogP contribution in [-0.2, 0) is 0 Å². The van der Waals surface area contributed by atoms with Gasteiger partial charge in [0.05, 0.1) is 0 Å². The molecule has 0 aromatic heterocycles. The number of hydrogen-bond acceptors (Lipinski definition) is 0. The highest BCUT2D eigenvalue weighted by molar-refractivity contribution is 14.1. The van der Waals surface area contributed by atoms with Crippen LogP contribution >= 0.6 is 22.4 Å². The fraction of sp³-hybridized carbons (Fsp3) is 1.00. The molecule has 2 heteroatoms. The zero-order valence-corrected chi connectivity index (χ0v) is 7.23. The van der Waals surface area contributed by atoms with Crippen molar-refractivity contribution < 1.29 is 0 Å². The summed E-state index contributed by atoms with van der Waals surface area (Å²) in [6.45, 7) is 4.50. The third-order valence-corrected chi connectivity index (χ3v) is 1.58. The monoisotopic (exact) mass is 210 g/mol. The maximum atomic E-state index is 2.47. The van der Waals surface area contributed by atoms with Crippen molar-refractivity contribution in [1.82, 2.24) is 0 Å². The van der Waals surface area contributed by atoms with Crippen LogP contribution in [0.2, 0.25) is 13.1 Å². The minimum absolute atomic E-state index is 0.873. The van der Waals surface area contributed by atoms with Gasteiger partial charge in [0.15, 0.2) is 0 Å². The predicted molar refractivity (Wildman–Crippen MR) is 45.4 cm³/mol. The van der Waals surface area contributed by atoms with Crippen LogP contribution in [0.15, 0.2) is 0 Å². The zero-order valence-electron chi connectivity index (χ0n) is 5.08. The van der Waals surface area contributed by atoms with E-state index in [1.807, 2.05) is 0 Å². The van der Waals surface area contributed by atoms with Crippen LogP contribution in [0.3, 0.4) is 0 Å². The molecule has 0 aliphatic heterocycles. The Morgan fingerprint density at radius 3 is 2.29 bits per heavy atom. The summed E-state index contributed by atoms with van der Waals surface area (Å²) in [5.41, 5.74) is 0. The van der Waals surface area contributed by atoms with Crippen LogP contribution in [-0.4, -0.2) is 4.57 Å². The van der Waals surface area contributed by atoms with Crippen molar-refractivity contribution in [2.45, 2.75) is 32.9 Å². The van der Waals surface area contributed by atoms with Crippen molar-refractivity contribution in [3.63, 3.8) is 0 Å². The summed E-state index contributed by atoms with van der Waals surface area (Å²) >= 11 is 2.47. The van der Waals surface area contributed by atoms with E-state index in [1.165, 1.54) is 19.2 Å². The highest BCUT2D eigenvalue weighted by atomic mass is 127. The smallest absolute Gasteiger partial charge is 0.150 e. The summed E-state index contributed by atoms with van der Waals surface area (Å²) in [5, 5.41) is 0. The average molecular weight is 210 g/mol. The zero-order chi connectivity index (χ0) is 5.70. The first-order valence-corrected chi connectivity index (χ1v) is 4.16. The van der Waals surface area contributed by atoms with Crippen molar-refractivity contribution in [2.24, 2.45) is 0 Å². The van der Waals surface area contributed by atoms with Crippen molar-refractivity contribution in [3.05, 3.63) is 0 Å². The number of hydrogen-bond donors (Lipinski definition) is 0. The number of halogens is 1. The van der Waals surface area contributed by atoms with E-state index >= 15 is 0 Å². The van der Waals surface area contributed by atoms with E-state index < -0.39 is 0 Å². The molecule has 0 atom stereocenters. The second-order valence-electron chi connectivity index (χ2n) is 1.92. The lowest BCUT2D eigenvalue weighted by molar-refractivity contribution is 0.879. The van der Waals surface area contributed by atoms with Gasteiger partial charge in [-0.3, -0.25) is 0 Å². The number of rotatable bonds is 3. The molecule has 0 amide bonds. The van der Waals surface area contributed by atoms with E-state index in [0.717, 1.165) is 4.57 Å². The summed E-state index contributed by atoms with van der Waals surface area (Å²) < 4.78 is 0.873. The summed E-state index contributed by atoms with van der Waals surface area (Å²) in [6, 6.07) is 0. The van der Waals surface area contributed by atoms with Gasteiger partial charge in [0.1, 0.15) is 0 Å². The molecule has 0 spiro atoms. The molecule has 0 fully saturated rings. The molecular weight excluding hydrogens is 198 g/mol. The lowest BCUT2D eigenvalue weighted by Crippen LogP contribution is -1.91. The number of unbranched alkanes of at least 4 members (excludes halogenated alkanes) is 1. The molecular formula is C5H12BI. The fourth-order valence-corrected chi connectivity index (χ4v) is 0.926. The Kier molecular flexibility index (Phi) is 5.50. The second kappa shape index (κ2) is 4.94. The quantitative estimate of drug-likeness (QED) is 0.496. The van der Waals surface area contributed by atoms with E-state index in [-0.39, 0.29) is 0 Å². The van der Waals surface area contributed by atoms with Gasteiger partial charge in [-0.15, -0.1) is 0 Å². The van der Waals surface area contributed by atoms with Gasteiger partial charge in [-0.2, -0.15) is 22.4 Å². The van der Waals surface area contributed by atoms with Gasteiger partial charge in [-0.05, 0) is 0 Å². The maximum Gasteiger partial charge on any atom is 0.214 e. The first kappa shape index (κ1) is 7.79. The normalized spacial score (nSPS) is 9.00. The van der Waals surface area contributed by atoms with Crippen LogP contribution in [0.5, 0.6) is 0 Å². The van der Waals surface area contributed by atoms with E-state index in [9.17, 15) is 0 Å². The van der Waals surface area contributed by atoms with Crippen LogP contribution in [0.25, 0.3) is 0 Å². The van der Waals surface area contributed by atoms with Crippen molar-refractivity contribution >= 4 is 26.9 Å². The van der Waals surface area contributed by atoms with Crippen LogP contribution < -0.4 is 0 Å². The van der Waals surface area contributed by atoms with E-state index in [2.05, 4.69) is 36.1 Å². The topological polar surface area (TPSA) is 0 Å². The molecule has 0 rings (SSSR count). The molecule has 0 N–H and O–H groups in total. The molecule has 0 saturated heterocycles. The first-order chi connectivity index (χ1) is 3.27. The highest BCUT2D eigenvalue weighted by Crippen LogP contribution is 2.05. The SMILES string of the molecule is CCCCB(C)I. The molecule has 0 aliphatic carbocycles. The molecule has 0 aromatic carbocycles. The largest absolute Gasteiger partial charge is 0.214 e. The van der Waals surface area contributed by atoms with Gasteiger partial charge >= 0.3 is 0 Å². The van der Waals surface area contributed by atoms with Crippen LogP contribution in [0.4, 0.5) is 0 Å². The van der Waals surface area contributed by atoms with E-state index in [0.29, 0.717) is 0 Å². The summed E-state index contributed by atoms with van der Waals surface area (Å²) in [7, 11) is 0. The molecule has 0 nitrogen and oxygen atoms in total. The van der Waals surface area contributed by atoms with Gasteiger partial charge in [0, 0.05) is 0 Å². The van der Waals surface area contributed by atoms with Gasteiger partial charge in [-0.25, -0.2) is 0 Å². The molecule has 0 bridgehead atoms. The predicted octanol–water partition coefficient (Wildman–Crippen LogP) is 2.84. The lowest BCUT2D eigenvalue weighted by atomic mass is 9.76. The lowest BCUT2D eigenvalue weighted by Gasteiger charge is -1.92. The third-order valence-electron chi connectivity index (χ3n) is 0.955. The molecule has 0 aliphatic rings. The van der Waals surface area contributed by atoms with Crippen molar-refractivity contribution in [2.75, 3.05) is 0 Å². The molecule has 42 valence electrons. The van der Waals surface area contributed by atoms with Gasteiger partial charge in [0.2, 0.25) is 4.57 Å². The molecule has 0 heterocycles. The molecule has 0 unspecified atom stereocenters. The Hall–Kier alpha value is 0.795. The highest BCUT2D eigenvalue weighted by Gasteiger charge is 1.96. The van der Waals surface area contributed by atoms with Crippen molar-refractivity contribution in [3.8, 4) is 0 Å². The first-order valence-electron chi connectivity index (χ1n) is 2.91. The Morgan fingerprint density at radius 2 is 2.14 bits per heavy atom. The van der Waals surface area contributed by atoms with Gasteiger partial charge < -0.3 is 0 Å². The minimum Gasteiger partial charge on any atom is -0.150 e. The summed E-state index contributed by atoms with van der Waals surface area (Å²) in [6.07, 6.45) is 4.12. The van der Waals surface area contributed by atoms with Crippen LogP contribution in [0.1, 0.15) is 19.8 Å². The summed E-state index contributed by atoms with van der Waals surface area (Å²) in [4.78, 5) is 0. The van der Waals surface area contributed by atoms with Crippen molar-refractivity contribution in [1.29, 1.82) is 0 Å². The van der Waals surface area contributed by atoms with E-state index in [4.69, 9.17) is 0 Å². The maximum absolute atomic E-state index is 2.47. The third kappa shape index (κ3) is 6.79. The standard InChI is InChI=1S/C5H12BI/c1-3-4-5-6(2)7/h3-5H2,1-2H3. The Bertz CT molecular complexity index is 37.1. The Morgan fingerprint density at radius 1 is 1.57 bits per heavy atom. The Labute approximate surface area is 60.0 Å². The molecule has 0 aromatic rings. The molecule has 7 heavy (non-hydrogen) atoms. The molecule has 0 saturated carbocycles. The summed E-state index contributed by atoms with van der Waals surface area (Å²) in [5.74, 6) is 0. The minimum atomic E-state index is 0.873. The molecule has 0 radical (unpaired) electrons. The fourth-order valence-electron chi connectivity index (χ4n) is 0.485. The Balaban J connectivity index is 2.68. The van der Waals surface area contributed by atoms with Gasteiger partial charge in [0.25, 0.3) is 0 Å². The van der Waals surface area contributed by atoms with E-state index in [1.54, 1.807) is 0 Å². The average Bonchev–Trinajstić information content (AvgIpc) is 1.61. The van der Waals surface area contributed by atoms with Gasteiger partial charge in [-0.1, -0.05) is 32.9 Å². The van der Waals surface area contributed by atoms with Crippen LogP contribution in [0, 0.1) is 0 Å².